The minimum Gasteiger partial charge on any atom is -0.497 e. The van der Waals surface area contributed by atoms with Crippen LogP contribution in [0.5, 0.6) is 5.75 Å². The molecule has 0 fully saturated rings. The fraction of sp³-hybridized carbons (Fsp3) is 0.600. The van der Waals surface area contributed by atoms with Gasteiger partial charge in [0.1, 0.15) is 5.75 Å². The van der Waals surface area contributed by atoms with E-state index < -0.39 is 14.4 Å². The van der Waals surface area contributed by atoms with Crippen molar-refractivity contribution in [3.05, 3.63) is 42.0 Å². The topological polar surface area (TPSA) is 47.9 Å². The molecule has 25 heavy (non-hydrogen) atoms. The van der Waals surface area contributed by atoms with Crippen LogP contribution >= 0.6 is 0 Å². The van der Waals surface area contributed by atoms with Gasteiger partial charge in [0.15, 0.2) is 8.32 Å². The van der Waals surface area contributed by atoms with Crippen LogP contribution in [0.25, 0.3) is 0 Å². The number of ether oxygens (including phenoxy) is 2. The third-order valence-corrected chi connectivity index (χ3v) is 9.16. The molecule has 1 aromatic carbocycles. The van der Waals surface area contributed by atoms with E-state index in [1.165, 1.54) is 0 Å². The van der Waals surface area contributed by atoms with Crippen molar-refractivity contribution < 1.29 is 19.0 Å². The van der Waals surface area contributed by atoms with Crippen LogP contribution < -0.4 is 4.74 Å². The lowest BCUT2D eigenvalue weighted by molar-refractivity contribution is 0.0300. The van der Waals surface area contributed by atoms with Crippen LogP contribution in [0.3, 0.4) is 0 Å². The molecule has 0 bridgehead atoms. The Morgan fingerprint density at radius 1 is 1.12 bits per heavy atom. The Kier molecular flexibility index (Phi) is 8.86. The van der Waals surface area contributed by atoms with Gasteiger partial charge >= 0.3 is 0 Å². The summed E-state index contributed by atoms with van der Waals surface area (Å²) in [6.45, 7) is 12.6. The van der Waals surface area contributed by atoms with Gasteiger partial charge in [-0.15, -0.1) is 0 Å². The van der Waals surface area contributed by atoms with Gasteiger partial charge in [-0.25, -0.2) is 0 Å². The summed E-state index contributed by atoms with van der Waals surface area (Å²) in [5, 5.41) is 10.2. The van der Waals surface area contributed by atoms with E-state index >= 15 is 0 Å². The Labute approximate surface area is 153 Å². The SMILES string of the molecule is COc1ccc(COC[C@@H](O)C/C=C/CO[Si](C)(C)C(C)(C)C)cc1. The lowest BCUT2D eigenvalue weighted by atomic mass is 10.2. The molecular weight excluding hydrogens is 332 g/mol. The average molecular weight is 367 g/mol. The quantitative estimate of drug-likeness (QED) is 0.488. The maximum Gasteiger partial charge on any atom is 0.192 e. The first-order valence-corrected chi connectivity index (χ1v) is 11.7. The fourth-order valence-electron chi connectivity index (χ4n) is 1.90. The number of hydrogen-bond acceptors (Lipinski definition) is 4. The molecule has 5 heteroatoms. The lowest BCUT2D eigenvalue weighted by Crippen LogP contribution is -2.40. The molecule has 142 valence electrons. The minimum atomic E-state index is -1.69. The second-order valence-corrected chi connectivity index (χ2v) is 12.6. The van der Waals surface area contributed by atoms with Gasteiger partial charge in [-0.1, -0.05) is 45.1 Å². The van der Waals surface area contributed by atoms with Gasteiger partial charge in [-0.2, -0.15) is 0 Å². The molecule has 1 aromatic rings. The second kappa shape index (κ2) is 10.1. The van der Waals surface area contributed by atoms with Crippen molar-refractivity contribution in [1.82, 2.24) is 0 Å². The van der Waals surface area contributed by atoms with Crippen LogP contribution in [0.1, 0.15) is 32.8 Å². The maximum absolute atomic E-state index is 9.97. The van der Waals surface area contributed by atoms with E-state index in [2.05, 4.69) is 33.9 Å². The zero-order valence-corrected chi connectivity index (χ0v) is 17.5. The van der Waals surface area contributed by atoms with Crippen molar-refractivity contribution in [3.63, 3.8) is 0 Å². The van der Waals surface area contributed by atoms with Crippen LogP contribution in [-0.4, -0.2) is 39.9 Å². The predicted molar refractivity (Wildman–Crippen MR) is 106 cm³/mol. The Morgan fingerprint density at radius 3 is 2.32 bits per heavy atom. The summed E-state index contributed by atoms with van der Waals surface area (Å²) in [6, 6.07) is 7.73. The smallest absolute Gasteiger partial charge is 0.192 e. The third-order valence-electron chi connectivity index (χ3n) is 4.66. The molecule has 0 amide bonds. The Balaban J connectivity index is 2.20. The number of methoxy groups -OCH3 is 1. The van der Waals surface area contributed by atoms with E-state index in [1.54, 1.807) is 7.11 Å². The molecule has 0 aliphatic heterocycles. The molecule has 0 spiro atoms. The molecule has 0 radical (unpaired) electrons. The van der Waals surface area contributed by atoms with Crippen molar-refractivity contribution in [1.29, 1.82) is 0 Å². The van der Waals surface area contributed by atoms with E-state index in [1.807, 2.05) is 36.4 Å². The molecule has 0 unspecified atom stereocenters. The zero-order chi connectivity index (χ0) is 18.9. The molecule has 0 saturated heterocycles. The van der Waals surface area contributed by atoms with Crippen molar-refractivity contribution >= 4 is 8.32 Å². The highest BCUT2D eigenvalue weighted by atomic mass is 28.4. The van der Waals surface area contributed by atoms with Gasteiger partial charge in [-0.05, 0) is 42.2 Å². The van der Waals surface area contributed by atoms with Crippen molar-refractivity contribution in [2.24, 2.45) is 0 Å². The monoisotopic (exact) mass is 366 g/mol. The summed E-state index contributed by atoms with van der Waals surface area (Å²) in [4.78, 5) is 0. The number of aliphatic hydroxyl groups is 1. The first-order valence-electron chi connectivity index (χ1n) is 8.83. The molecule has 0 aliphatic carbocycles. The standard InChI is InChI=1S/C20H34O4Si/c1-20(2,3)25(5,6)24-14-8-7-9-18(21)16-23-15-17-10-12-19(22-4)13-11-17/h7-8,10-13,18,21H,9,14-16H2,1-6H3/b8-7+/t18-/m0/s1. The third kappa shape index (κ3) is 8.18. The van der Waals surface area contributed by atoms with E-state index in [0.717, 1.165) is 11.3 Å². The van der Waals surface area contributed by atoms with Crippen LogP contribution in [0.2, 0.25) is 18.1 Å². The highest BCUT2D eigenvalue weighted by molar-refractivity contribution is 6.74. The summed E-state index contributed by atoms with van der Waals surface area (Å²) in [6.07, 6.45) is 4.04. The van der Waals surface area contributed by atoms with E-state index in [0.29, 0.717) is 26.2 Å². The summed E-state index contributed by atoms with van der Waals surface area (Å²) in [7, 11) is -0.0493. The zero-order valence-electron chi connectivity index (χ0n) is 16.5. The Hall–Kier alpha value is -1.14. The summed E-state index contributed by atoms with van der Waals surface area (Å²) in [5.41, 5.74) is 1.06. The minimum absolute atomic E-state index is 0.218. The van der Waals surface area contributed by atoms with Gasteiger partial charge in [0.2, 0.25) is 0 Å². The van der Waals surface area contributed by atoms with Gasteiger partial charge in [0, 0.05) is 0 Å². The Morgan fingerprint density at radius 2 is 1.76 bits per heavy atom. The molecule has 0 saturated carbocycles. The van der Waals surface area contributed by atoms with Crippen molar-refractivity contribution in [3.8, 4) is 5.75 Å². The van der Waals surface area contributed by atoms with E-state index in [-0.39, 0.29) is 5.04 Å². The largest absolute Gasteiger partial charge is 0.497 e. The molecule has 4 nitrogen and oxygen atoms in total. The van der Waals surface area contributed by atoms with Crippen molar-refractivity contribution in [2.45, 2.75) is 58.0 Å². The summed E-state index contributed by atoms with van der Waals surface area (Å²) >= 11 is 0. The Bertz CT molecular complexity index is 517. The predicted octanol–water partition coefficient (Wildman–Crippen LogP) is 4.54. The second-order valence-electron chi connectivity index (χ2n) is 7.80. The van der Waals surface area contributed by atoms with Gasteiger partial charge in [0.05, 0.1) is 33.0 Å². The molecule has 1 rings (SSSR count). The first kappa shape index (κ1) is 21.9. The number of aliphatic hydroxyl groups excluding tert-OH is 1. The van der Waals surface area contributed by atoms with Gasteiger partial charge in [-0.3, -0.25) is 0 Å². The molecule has 1 N–H and O–H groups in total. The molecule has 1 atom stereocenters. The summed E-state index contributed by atoms with van der Waals surface area (Å²) < 4.78 is 16.7. The highest BCUT2D eigenvalue weighted by Gasteiger charge is 2.36. The number of rotatable bonds is 10. The first-order chi connectivity index (χ1) is 11.7. The maximum atomic E-state index is 9.97. The normalized spacial score (nSPS) is 14.0. The van der Waals surface area contributed by atoms with E-state index in [9.17, 15) is 5.11 Å². The van der Waals surface area contributed by atoms with Crippen molar-refractivity contribution in [2.75, 3.05) is 20.3 Å². The van der Waals surface area contributed by atoms with Crippen LogP contribution in [0.15, 0.2) is 36.4 Å². The number of benzene rings is 1. The molecule has 0 heterocycles. The van der Waals surface area contributed by atoms with E-state index in [4.69, 9.17) is 13.9 Å². The number of hydrogen-bond donors (Lipinski definition) is 1. The van der Waals surface area contributed by atoms with Crippen LogP contribution in [0, 0.1) is 0 Å². The van der Waals surface area contributed by atoms with Crippen LogP contribution in [0.4, 0.5) is 0 Å². The average Bonchev–Trinajstić information content (AvgIpc) is 2.54. The highest BCUT2D eigenvalue weighted by Crippen LogP contribution is 2.36. The summed E-state index contributed by atoms with van der Waals surface area (Å²) in [5.74, 6) is 0.828. The fourth-order valence-corrected chi connectivity index (χ4v) is 2.84. The lowest BCUT2D eigenvalue weighted by Gasteiger charge is -2.35. The van der Waals surface area contributed by atoms with Gasteiger partial charge in [0.25, 0.3) is 0 Å². The molecule has 0 aliphatic rings. The van der Waals surface area contributed by atoms with Crippen LogP contribution in [-0.2, 0) is 15.8 Å². The molecular formula is C20H34O4Si. The molecule has 0 aromatic heterocycles. The van der Waals surface area contributed by atoms with Gasteiger partial charge < -0.3 is 19.0 Å².